The standard InChI is InChI=1S/C13H20N2O4S2/c1-4-15(10-8-14-9-10)12-6-5-11(20(2,16)17)7-13(12)21(3,18)19/h5-7,10,14H,4,8-9H2,1-3H3. The summed E-state index contributed by atoms with van der Waals surface area (Å²) in [6.45, 7) is 4.21. The fourth-order valence-electron chi connectivity index (χ4n) is 2.38. The van der Waals surface area contributed by atoms with Gasteiger partial charge in [-0.3, -0.25) is 0 Å². The van der Waals surface area contributed by atoms with Crippen LogP contribution < -0.4 is 10.2 Å². The van der Waals surface area contributed by atoms with Gasteiger partial charge in [-0.15, -0.1) is 0 Å². The molecule has 0 spiro atoms. The van der Waals surface area contributed by atoms with E-state index in [0.717, 1.165) is 25.6 Å². The van der Waals surface area contributed by atoms with Crippen molar-refractivity contribution in [3.63, 3.8) is 0 Å². The lowest BCUT2D eigenvalue weighted by Gasteiger charge is -2.40. The van der Waals surface area contributed by atoms with Crippen molar-refractivity contribution in [1.82, 2.24) is 5.32 Å². The fraction of sp³-hybridized carbons (Fsp3) is 0.538. The molecule has 1 fully saturated rings. The highest BCUT2D eigenvalue weighted by Gasteiger charge is 2.28. The maximum atomic E-state index is 12.0. The van der Waals surface area contributed by atoms with Crippen LogP contribution in [-0.2, 0) is 19.7 Å². The van der Waals surface area contributed by atoms with Crippen LogP contribution in [0.15, 0.2) is 28.0 Å². The highest BCUT2D eigenvalue weighted by Crippen LogP contribution is 2.30. The van der Waals surface area contributed by atoms with Gasteiger partial charge >= 0.3 is 0 Å². The molecule has 0 aliphatic carbocycles. The van der Waals surface area contributed by atoms with Crippen molar-refractivity contribution in [2.24, 2.45) is 0 Å². The third-order valence-electron chi connectivity index (χ3n) is 3.61. The smallest absolute Gasteiger partial charge is 0.177 e. The maximum absolute atomic E-state index is 12.0. The molecule has 0 atom stereocenters. The summed E-state index contributed by atoms with van der Waals surface area (Å²) in [7, 11) is -6.96. The molecule has 1 aliphatic rings. The van der Waals surface area contributed by atoms with Gasteiger partial charge in [0.25, 0.3) is 0 Å². The van der Waals surface area contributed by atoms with E-state index in [2.05, 4.69) is 5.32 Å². The van der Waals surface area contributed by atoms with E-state index in [1.807, 2.05) is 11.8 Å². The first-order chi connectivity index (χ1) is 9.64. The number of likely N-dealkylation sites (N-methyl/N-ethyl adjacent to an activating group) is 1. The molecule has 8 heteroatoms. The lowest BCUT2D eigenvalue weighted by Crippen LogP contribution is -2.57. The van der Waals surface area contributed by atoms with Crippen LogP contribution in [0.3, 0.4) is 0 Å². The molecule has 1 aliphatic heterocycles. The minimum Gasteiger partial charge on any atom is -0.365 e. The van der Waals surface area contributed by atoms with E-state index in [4.69, 9.17) is 0 Å². The number of nitrogens with one attached hydrogen (secondary N) is 1. The van der Waals surface area contributed by atoms with Gasteiger partial charge in [0.2, 0.25) is 0 Å². The molecule has 0 aromatic heterocycles. The Hall–Kier alpha value is -1.12. The number of hydrogen-bond donors (Lipinski definition) is 1. The van der Waals surface area contributed by atoms with E-state index in [1.165, 1.54) is 12.1 Å². The van der Waals surface area contributed by atoms with Crippen LogP contribution in [-0.4, -0.2) is 55.0 Å². The number of anilines is 1. The Kier molecular flexibility index (Phi) is 4.32. The first-order valence-corrected chi connectivity index (χ1v) is 10.4. The Labute approximate surface area is 126 Å². The van der Waals surface area contributed by atoms with Crippen LogP contribution in [0.4, 0.5) is 5.69 Å². The number of hydrogen-bond acceptors (Lipinski definition) is 6. The highest BCUT2D eigenvalue weighted by atomic mass is 32.2. The molecule has 0 unspecified atom stereocenters. The maximum Gasteiger partial charge on any atom is 0.177 e. The summed E-state index contributed by atoms with van der Waals surface area (Å²) in [5.74, 6) is 0. The van der Waals surface area contributed by atoms with Gasteiger partial charge in [0.05, 0.1) is 21.5 Å². The van der Waals surface area contributed by atoms with E-state index in [-0.39, 0.29) is 15.8 Å². The van der Waals surface area contributed by atoms with Gasteiger partial charge in [-0.25, -0.2) is 16.8 Å². The molecule has 1 aromatic carbocycles. The van der Waals surface area contributed by atoms with E-state index in [1.54, 1.807) is 6.07 Å². The first-order valence-electron chi connectivity index (χ1n) is 6.66. The monoisotopic (exact) mass is 332 g/mol. The number of sulfone groups is 2. The first kappa shape index (κ1) is 16.3. The van der Waals surface area contributed by atoms with Crippen molar-refractivity contribution in [3.8, 4) is 0 Å². The predicted octanol–water partition coefficient (Wildman–Crippen LogP) is 0.292. The fourth-order valence-corrected chi connectivity index (χ4v) is 4.01. The molecular weight excluding hydrogens is 312 g/mol. The zero-order chi connectivity index (χ0) is 15.8. The molecule has 0 radical (unpaired) electrons. The Morgan fingerprint density at radius 2 is 1.76 bits per heavy atom. The van der Waals surface area contributed by atoms with Crippen molar-refractivity contribution in [2.75, 3.05) is 37.0 Å². The molecule has 1 aromatic rings. The average molecular weight is 332 g/mol. The highest BCUT2D eigenvalue weighted by molar-refractivity contribution is 7.91. The molecule has 0 amide bonds. The predicted molar refractivity (Wildman–Crippen MR) is 82.3 cm³/mol. The van der Waals surface area contributed by atoms with E-state index in [9.17, 15) is 16.8 Å². The van der Waals surface area contributed by atoms with Gasteiger partial charge < -0.3 is 10.2 Å². The molecule has 118 valence electrons. The zero-order valence-corrected chi connectivity index (χ0v) is 14.0. The van der Waals surface area contributed by atoms with Crippen LogP contribution in [0, 0.1) is 0 Å². The van der Waals surface area contributed by atoms with Crippen molar-refractivity contribution in [3.05, 3.63) is 18.2 Å². The normalized spacial score (nSPS) is 16.5. The third-order valence-corrected chi connectivity index (χ3v) is 5.85. The summed E-state index contributed by atoms with van der Waals surface area (Å²) in [4.78, 5) is 2.09. The molecule has 6 nitrogen and oxygen atoms in total. The van der Waals surface area contributed by atoms with Crippen LogP contribution in [0.1, 0.15) is 6.92 Å². The molecule has 1 heterocycles. The number of benzene rings is 1. The van der Waals surface area contributed by atoms with Crippen LogP contribution in [0.2, 0.25) is 0 Å². The topological polar surface area (TPSA) is 83.6 Å². The summed E-state index contributed by atoms with van der Waals surface area (Å²) in [6.07, 6.45) is 2.17. The van der Waals surface area contributed by atoms with Crippen molar-refractivity contribution in [2.45, 2.75) is 22.8 Å². The van der Waals surface area contributed by atoms with Gasteiger partial charge in [-0.05, 0) is 25.1 Å². The summed E-state index contributed by atoms with van der Waals surface area (Å²) < 4.78 is 47.4. The summed E-state index contributed by atoms with van der Waals surface area (Å²) in [6, 6.07) is 4.55. The van der Waals surface area contributed by atoms with E-state index < -0.39 is 19.7 Å². The third kappa shape index (κ3) is 3.38. The molecule has 0 saturated carbocycles. The quantitative estimate of drug-likeness (QED) is 0.834. The number of nitrogens with zero attached hydrogens (tertiary/aromatic N) is 1. The summed E-state index contributed by atoms with van der Waals surface area (Å²) in [5.41, 5.74) is 0.568. The molecular formula is C13H20N2O4S2. The second-order valence-electron chi connectivity index (χ2n) is 5.27. The van der Waals surface area contributed by atoms with Crippen molar-refractivity contribution < 1.29 is 16.8 Å². The lowest BCUT2D eigenvalue weighted by molar-refractivity contribution is 0.416. The van der Waals surface area contributed by atoms with Crippen LogP contribution in [0.25, 0.3) is 0 Å². The Bertz CT molecular complexity index is 737. The van der Waals surface area contributed by atoms with Gasteiger partial charge in [-0.1, -0.05) is 0 Å². The molecule has 1 N–H and O–H groups in total. The second-order valence-corrected chi connectivity index (χ2v) is 9.27. The zero-order valence-electron chi connectivity index (χ0n) is 12.3. The summed E-state index contributed by atoms with van der Waals surface area (Å²) in [5, 5.41) is 3.15. The Morgan fingerprint density at radius 1 is 1.14 bits per heavy atom. The molecule has 21 heavy (non-hydrogen) atoms. The average Bonchev–Trinajstić information content (AvgIpc) is 2.30. The number of rotatable bonds is 5. The largest absolute Gasteiger partial charge is 0.365 e. The van der Waals surface area contributed by atoms with Crippen molar-refractivity contribution in [1.29, 1.82) is 0 Å². The van der Waals surface area contributed by atoms with Crippen LogP contribution in [0.5, 0.6) is 0 Å². The minimum atomic E-state index is -3.52. The summed E-state index contributed by atoms with van der Waals surface area (Å²) >= 11 is 0. The molecule has 0 bridgehead atoms. The van der Waals surface area contributed by atoms with Gasteiger partial charge in [-0.2, -0.15) is 0 Å². The lowest BCUT2D eigenvalue weighted by atomic mass is 10.1. The van der Waals surface area contributed by atoms with Crippen LogP contribution >= 0.6 is 0 Å². The Balaban J connectivity index is 2.60. The van der Waals surface area contributed by atoms with E-state index in [0.29, 0.717) is 12.2 Å². The second kappa shape index (κ2) is 5.58. The van der Waals surface area contributed by atoms with Gasteiger partial charge in [0.15, 0.2) is 19.7 Å². The van der Waals surface area contributed by atoms with E-state index >= 15 is 0 Å². The molecule has 2 rings (SSSR count). The Morgan fingerprint density at radius 3 is 2.14 bits per heavy atom. The van der Waals surface area contributed by atoms with Crippen molar-refractivity contribution >= 4 is 25.4 Å². The minimum absolute atomic E-state index is 0.0227. The van der Waals surface area contributed by atoms with Gasteiger partial charge in [0.1, 0.15) is 0 Å². The molecule has 1 saturated heterocycles. The van der Waals surface area contributed by atoms with Gasteiger partial charge in [0, 0.05) is 32.1 Å². The SMILES string of the molecule is CCN(c1ccc(S(C)(=O)=O)cc1S(C)(=O)=O)C1CNC1.